The molecule has 1 N–H and O–H groups in total. The van der Waals surface area contributed by atoms with Gasteiger partial charge < -0.3 is 14.2 Å². The predicted molar refractivity (Wildman–Crippen MR) is 120 cm³/mol. The Bertz CT molecular complexity index is 1100. The maximum atomic E-state index is 12.3. The quantitative estimate of drug-likeness (QED) is 0.232. The molecule has 3 aromatic rings. The number of esters is 1. The Hall–Kier alpha value is -3.65. The van der Waals surface area contributed by atoms with E-state index >= 15 is 0 Å². The van der Waals surface area contributed by atoms with Gasteiger partial charge in [0, 0.05) is 10.0 Å². The monoisotopic (exact) mass is 482 g/mol. The first kappa shape index (κ1) is 22.0. The van der Waals surface area contributed by atoms with Crippen LogP contribution < -0.4 is 19.6 Å². The number of hydrazone groups is 1. The van der Waals surface area contributed by atoms with Crippen LogP contribution in [0.1, 0.15) is 26.3 Å². The van der Waals surface area contributed by atoms with E-state index in [0.29, 0.717) is 28.4 Å². The first-order valence-corrected chi connectivity index (χ1v) is 9.92. The Morgan fingerprint density at radius 2 is 1.52 bits per heavy atom. The van der Waals surface area contributed by atoms with E-state index in [2.05, 4.69) is 26.5 Å². The SMILES string of the molecule is COc1ccc(C(=O)N/N=C\c2ccc(OC(=O)c3ccc(Br)cc3)cc2)cc1OC. The molecule has 7 nitrogen and oxygen atoms in total. The molecule has 3 aromatic carbocycles. The lowest BCUT2D eigenvalue weighted by Crippen LogP contribution is -2.17. The number of nitrogens with one attached hydrogen (secondary N) is 1. The molecule has 0 aromatic heterocycles. The van der Waals surface area contributed by atoms with Crippen molar-refractivity contribution in [2.75, 3.05) is 14.2 Å². The van der Waals surface area contributed by atoms with Crippen LogP contribution >= 0.6 is 15.9 Å². The Kier molecular flexibility index (Phi) is 7.40. The van der Waals surface area contributed by atoms with Gasteiger partial charge in [0.05, 0.1) is 26.0 Å². The molecule has 0 aliphatic carbocycles. The fourth-order valence-corrected chi connectivity index (χ4v) is 2.85. The zero-order valence-corrected chi connectivity index (χ0v) is 18.4. The largest absolute Gasteiger partial charge is 0.493 e. The summed E-state index contributed by atoms with van der Waals surface area (Å²) in [5.41, 5.74) is 4.00. The fraction of sp³-hybridized carbons (Fsp3) is 0.0870. The summed E-state index contributed by atoms with van der Waals surface area (Å²) in [6.45, 7) is 0. The summed E-state index contributed by atoms with van der Waals surface area (Å²) in [7, 11) is 3.02. The van der Waals surface area contributed by atoms with Crippen molar-refractivity contribution in [1.29, 1.82) is 0 Å². The van der Waals surface area contributed by atoms with Gasteiger partial charge in [-0.25, -0.2) is 10.2 Å². The van der Waals surface area contributed by atoms with Gasteiger partial charge in [0.2, 0.25) is 0 Å². The Balaban J connectivity index is 1.57. The van der Waals surface area contributed by atoms with Crippen molar-refractivity contribution in [3.8, 4) is 17.2 Å². The van der Waals surface area contributed by atoms with Gasteiger partial charge >= 0.3 is 5.97 Å². The molecule has 0 spiro atoms. The number of hydrogen-bond donors (Lipinski definition) is 1. The minimum atomic E-state index is -0.448. The molecular formula is C23H19BrN2O5. The van der Waals surface area contributed by atoms with Crippen molar-refractivity contribution in [3.63, 3.8) is 0 Å². The molecule has 0 saturated carbocycles. The van der Waals surface area contributed by atoms with E-state index in [0.717, 1.165) is 10.0 Å². The number of hydrogen-bond acceptors (Lipinski definition) is 6. The second-order valence-electron chi connectivity index (χ2n) is 6.23. The molecule has 0 atom stereocenters. The van der Waals surface area contributed by atoms with Gasteiger partial charge in [-0.2, -0.15) is 5.10 Å². The third kappa shape index (κ3) is 5.93. The van der Waals surface area contributed by atoms with Gasteiger partial charge in [-0.1, -0.05) is 15.9 Å². The van der Waals surface area contributed by atoms with Crippen LogP contribution in [-0.4, -0.2) is 32.3 Å². The number of carbonyl (C=O) groups excluding carboxylic acids is 2. The summed E-state index contributed by atoms with van der Waals surface area (Å²) >= 11 is 3.32. The lowest BCUT2D eigenvalue weighted by Gasteiger charge is -2.08. The van der Waals surface area contributed by atoms with Gasteiger partial charge in [-0.05, 0) is 72.3 Å². The number of nitrogens with zero attached hydrogens (tertiary/aromatic N) is 1. The van der Waals surface area contributed by atoms with Crippen LogP contribution in [-0.2, 0) is 0 Å². The highest BCUT2D eigenvalue weighted by atomic mass is 79.9. The molecule has 0 radical (unpaired) electrons. The van der Waals surface area contributed by atoms with E-state index in [9.17, 15) is 9.59 Å². The van der Waals surface area contributed by atoms with Crippen LogP contribution in [0.4, 0.5) is 0 Å². The van der Waals surface area contributed by atoms with Crippen LogP contribution in [0.2, 0.25) is 0 Å². The number of ether oxygens (including phenoxy) is 3. The molecular weight excluding hydrogens is 464 g/mol. The minimum absolute atomic E-state index is 0.380. The Morgan fingerprint density at radius 3 is 2.16 bits per heavy atom. The summed E-state index contributed by atoms with van der Waals surface area (Å²) in [6.07, 6.45) is 1.49. The molecule has 0 fully saturated rings. The van der Waals surface area contributed by atoms with Crippen LogP contribution in [0.5, 0.6) is 17.2 Å². The number of halogens is 1. The summed E-state index contributed by atoms with van der Waals surface area (Å²) in [5.74, 6) is 0.545. The number of benzene rings is 3. The van der Waals surface area contributed by atoms with Gasteiger partial charge in [-0.3, -0.25) is 4.79 Å². The Morgan fingerprint density at radius 1 is 0.871 bits per heavy atom. The highest BCUT2D eigenvalue weighted by Gasteiger charge is 2.10. The second-order valence-corrected chi connectivity index (χ2v) is 7.15. The van der Waals surface area contributed by atoms with Crippen LogP contribution in [0.3, 0.4) is 0 Å². The van der Waals surface area contributed by atoms with E-state index in [1.807, 2.05) is 0 Å². The van der Waals surface area contributed by atoms with Gasteiger partial charge in [0.15, 0.2) is 11.5 Å². The first-order valence-electron chi connectivity index (χ1n) is 9.13. The van der Waals surface area contributed by atoms with Crippen molar-refractivity contribution in [1.82, 2.24) is 5.43 Å². The topological polar surface area (TPSA) is 86.2 Å². The third-order valence-corrected chi connectivity index (χ3v) is 4.72. The summed E-state index contributed by atoms with van der Waals surface area (Å²) in [5, 5.41) is 3.95. The van der Waals surface area contributed by atoms with Gasteiger partial charge in [0.25, 0.3) is 5.91 Å². The van der Waals surface area contributed by atoms with Gasteiger partial charge in [0.1, 0.15) is 5.75 Å². The predicted octanol–water partition coefficient (Wildman–Crippen LogP) is 4.45. The van der Waals surface area contributed by atoms with Crippen LogP contribution in [0.25, 0.3) is 0 Å². The molecule has 0 bridgehead atoms. The highest BCUT2D eigenvalue weighted by Crippen LogP contribution is 2.27. The maximum absolute atomic E-state index is 12.3. The highest BCUT2D eigenvalue weighted by molar-refractivity contribution is 9.10. The van der Waals surface area contributed by atoms with E-state index in [1.54, 1.807) is 66.7 Å². The summed E-state index contributed by atoms with van der Waals surface area (Å²) < 4.78 is 16.6. The number of rotatable bonds is 7. The van der Waals surface area contributed by atoms with Crippen molar-refractivity contribution in [3.05, 3.63) is 87.9 Å². The number of carbonyl (C=O) groups is 2. The number of methoxy groups -OCH3 is 2. The summed E-state index contributed by atoms with van der Waals surface area (Å²) in [6, 6.07) is 18.4. The fourth-order valence-electron chi connectivity index (χ4n) is 2.58. The van der Waals surface area contributed by atoms with Crippen LogP contribution in [0, 0.1) is 0 Å². The Labute approximate surface area is 187 Å². The lowest BCUT2D eigenvalue weighted by atomic mass is 10.2. The molecule has 31 heavy (non-hydrogen) atoms. The molecule has 3 rings (SSSR count). The molecule has 0 saturated heterocycles. The molecule has 0 aliphatic rings. The minimum Gasteiger partial charge on any atom is -0.493 e. The van der Waals surface area contributed by atoms with E-state index in [4.69, 9.17) is 14.2 Å². The summed E-state index contributed by atoms with van der Waals surface area (Å²) in [4.78, 5) is 24.4. The standard InChI is InChI=1S/C23H19BrN2O5/c1-29-20-12-7-17(13-21(20)30-2)22(27)26-25-14-15-3-10-19(11-4-15)31-23(28)16-5-8-18(24)9-6-16/h3-14H,1-2H3,(H,26,27)/b25-14-. The van der Waals surface area contributed by atoms with Crippen molar-refractivity contribution >= 4 is 34.0 Å². The van der Waals surface area contributed by atoms with Gasteiger partial charge in [-0.15, -0.1) is 0 Å². The molecule has 1 amide bonds. The second kappa shape index (κ2) is 10.4. The zero-order chi connectivity index (χ0) is 22.2. The molecule has 0 unspecified atom stereocenters. The van der Waals surface area contributed by atoms with Crippen molar-refractivity contribution < 1.29 is 23.8 Å². The van der Waals surface area contributed by atoms with E-state index in [-0.39, 0.29) is 0 Å². The maximum Gasteiger partial charge on any atom is 0.343 e. The third-order valence-electron chi connectivity index (χ3n) is 4.20. The number of amides is 1. The normalized spacial score (nSPS) is 10.5. The molecule has 158 valence electrons. The smallest absolute Gasteiger partial charge is 0.343 e. The molecule has 0 heterocycles. The van der Waals surface area contributed by atoms with E-state index < -0.39 is 11.9 Å². The van der Waals surface area contributed by atoms with E-state index in [1.165, 1.54) is 20.4 Å². The van der Waals surface area contributed by atoms with Crippen molar-refractivity contribution in [2.45, 2.75) is 0 Å². The lowest BCUT2D eigenvalue weighted by molar-refractivity contribution is 0.0734. The average molecular weight is 483 g/mol. The zero-order valence-electron chi connectivity index (χ0n) is 16.8. The molecule has 8 heteroatoms. The first-order chi connectivity index (χ1) is 15.0. The molecule has 0 aliphatic heterocycles. The average Bonchev–Trinajstić information content (AvgIpc) is 2.80. The van der Waals surface area contributed by atoms with Crippen molar-refractivity contribution in [2.24, 2.45) is 5.10 Å². The van der Waals surface area contributed by atoms with Crippen LogP contribution in [0.15, 0.2) is 76.3 Å².